The fourth-order valence-corrected chi connectivity index (χ4v) is 4.89. The highest BCUT2D eigenvalue weighted by Gasteiger charge is 2.34. The van der Waals surface area contributed by atoms with Crippen LogP contribution in [0.25, 0.3) is 28.2 Å². The Hall–Kier alpha value is -3.23. The van der Waals surface area contributed by atoms with Gasteiger partial charge in [0.2, 0.25) is 0 Å². The largest absolute Gasteiger partial charge is 0.490 e. The molecule has 1 aromatic carbocycles. The van der Waals surface area contributed by atoms with E-state index in [2.05, 4.69) is 4.98 Å². The third-order valence-electron chi connectivity index (χ3n) is 6.47. The minimum Gasteiger partial charge on any atom is -0.490 e. The Balaban J connectivity index is 2.08. The molecule has 3 heterocycles. The number of esters is 1. The molecule has 1 atom stereocenters. The molecular formula is C29H35FN2O5. The van der Waals surface area contributed by atoms with Crippen LogP contribution in [-0.2, 0) is 20.7 Å². The van der Waals surface area contributed by atoms with Gasteiger partial charge >= 0.3 is 5.97 Å². The van der Waals surface area contributed by atoms with Crippen LogP contribution in [0.5, 0.6) is 5.75 Å². The summed E-state index contributed by atoms with van der Waals surface area (Å²) in [5.41, 5.74) is 4.88. The van der Waals surface area contributed by atoms with Gasteiger partial charge < -0.3 is 24.3 Å². The van der Waals surface area contributed by atoms with E-state index in [0.717, 1.165) is 28.6 Å². The standard InChI is InChI=1S/C29H35FN2O5/c1-16-19-11-9-13-36-25(19)22(30)15-20(16)24-21-14-18(10-7-8-12-33)32-27(21)31-17(2)23(24)26(28(34)35-6)37-29(3,4)5/h7,10,14-15,26,33H,8-9,11-13H2,1-6H3,(H,31,32)/b10-7+/t26-/m0/s1. The van der Waals surface area contributed by atoms with Gasteiger partial charge in [-0.05, 0) is 83.2 Å². The summed E-state index contributed by atoms with van der Waals surface area (Å²) in [7, 11) is 1.32. The van der Waals surface area contributed by atoms with Gasteiger partial charge in [0.1, 0.15) is 5.65 Å². The van der Waals surface area contributed by atoms with Crippen molar-refractivity contribution in [3.05, 3.63) is 52.1 Å². The molecule has 0 spiro atoms. The molecule has 1 aliphatic rings. The van der Waals surface area contributed by atoms with E-state index in [9.17, 15) is 4.79 Å². The number of halogens is 1. The number of aromatic amines is 1. The van der Waals surface area contributed by atoms with Crippen LogP contribution in [0, 0.1) is 19.7 Å². The van der Waals surface area contributed by atoms with E-state index in [0.29, 0.717) is 53.2 Å². The third-order valence-corrected chi connectivity index (χ3v) is 6.47. The molecule has 0 saturated carbocycles. The van der Waals surface area contributed by atoms with Crippen LogP contribution < -0.4 is 4.74 Å². The number of aryl methyl sites for hydroxylation is 1. The van der Waals surface area contributed by atoms with Gasteiger partial charge in [0.05, 0.1) is 19.3 Å². The van der Waals surface area contributed by atoms with Gasteiger partial charge in [0.15, 0.2) is 17.7 Å². The van der Waals surface area contributed by atoms with E-state index >= 15 is 4.39 Å². The van der Waals surface area contributed by atoms with Crippen LogP contribution in [0.2, 0.25) is 0 Å². The maximum atomic E-state index is 15.4. The number of carbonyl (C=O) groups is 1. The number of aromatic nitrogens is 2. The second-order valence-corrected chi connectivity index (χ2v) is 10.3. The van der Waals surface area contributed by atoms with E-state index in [1.54, 1.807) is 0 Å². The summed E-state index contributed by atoms with van der Waals surface area (Å²) < 4.78 is 32.5. The second kappa shape index (κ2) is 10.6. The maximum Gasteiger partial charge on any atom is 0.339 e. The van der Waals surface area contributed by atoms with Gasteiger partial charge in [-0.15, -0.1) is 0 Å². The molecule has 7 nitrogen and oxygen atoms in total. The predicted molar refractivity (Wildman–Crippen MR) is 141 cm³/mol. The first-order chi connectivity index (χ1) is 17.6. The number of benzene rings is 1. The van der Waals surface area contributed by atoms with Crippen molar-refractivity contribution < 1.29 is 28.5 Å². The number of carbonyl (C=O) groups excluding carboxylic acids is 1. The van der Waals surface area contributed by atoms with Gasteiger partial charge in [0.25, 0.3) is 0 Å². The van der Waals surface area contributed by atoms with Crippen molar-refractivity contribution in [3.63, 3.8) is 0 Å². The Morgan fingerprint density at radius 1 is 1.32 bits per heavy atom. The first-order valence-corrected chi connectivity index (χ1v) is 12.6. The normalized spacial score (nSPS) is 14.6. The van der Waals surface area contributed by atoms with Crippen LogP contribution in [-0.4, -0.2) is 47.0 Å². The molecule has 4 rings (SSSR count). The molecule has 0 fully saturated rings. The van der Waals surface area contributed by atoms with E-state index < -0.39 is 23.5 Å². The van der Waals surface area contributed by atoms with Gasteiger partial charge in [0, 0.05) is 40.1 Å². The zero-order chi connectivity index (χ0) is 26.9. The highest BCUT2D eigenvalue weighted by atomic mass is 19.1. The molecule has 1 aliphatic heterocycles. The molecule has 198 valence electrons. The Labute approximate surface area is 216 Å². The van der Waals surface area contributed by atoms with Gasteiger partial charge in [-0.3, -0.25) is 0 Å². The minimum absolute atomic E-state index is 0.0457. The molecule has 0 aliphatic carbocycles. The van der Waals surface area contributed by atoms with E-state index in [1.165, 1.54) is 13.2 Å². The molecule has 3 aromatic rings. The molecule has 8 heteroatoms. The maximum absolute atomic E-state index is 15.4. The number of aliphatic hydroxyl groups is 1. The zero-order valence-electron chi connectivity index (χ0n) is 22.3. The fraction of sp³-hybridized carbons (Fsp3) is 0.448. The Morgan fingerprint density at radius 2 is 2.08 bits per heavy atom. The van der Waals surface area contributed by atoms with Gasteiger partial charge in [-0.1, -0.05) is 6.08 Å². The zero-order valence-corrected chi connectivity index (χ0v) is 22.3. The van der Waals surface area contributed by atoms with Crippen molar-refractivity contribution >= 4 is 23.1 Å². The number of nitrogens with zero attached hydrogens (tertiary/aromatic N) is 1. The van der Waals surface area contributed by atoms with Crippen LogP contribution in [0.4, 0.5) is 4.39 Å². The third kappa shape index (κ3) is 5.40. The predicted octanol–water partition coefficient (Wildman–Crippen LogP) is 5.74. The lowest BCUT2D eigenvalue weighted by Gasteiger charge is -2.29. The lowest BCUT2D eigenvalue weighted by Crippen LogP contribution is -2.29. The van der Waals surface area contributed by atoms with Crippen LogP contribution >= 0.6 is 0 Å². The van der Waals surface area contributed by atoms with Crippen LogP contribution in [0.1, 0.15) is 67.8 Å². The summed E-state index contributed by atoms with van der Waals surface area (Å²) >= 11 is 0. The summed E-state index contributed by atoms with van der Waals surface area (Å²) in [5.74, 6) is -0.694. The Kier molecular flexibility index (Phi) is 7.71. The second-order valence-electron chi connectivity index (χ2n) is 10.3. The molecule has 0 bridgehead atoms. The van der Waals surface area contributed by atoms with Crippen molar-refractivity contribution in [2.24, 2.45) is 0 Å². The lowest BCUT2D eigenvalue weighted by molar-refractivity contribution is -0.164. The smallest absolute Gasteiger partial charge is 0.339 e. The molecule has 0 amide bonds. The highest BCUT2D eigenvalue weighted by Crippen LogP contribution is 2.44. The van der Waals surface area contributed by atoms with Gasteiger partial charge in [-0.25, -0.2) is 14.2 Å². The number of methoxy groups -OCH3 is 1. The van der Waals surface area contributed by atoms with Crippen molar-refractivity contribution in [2.45, 2.75) is 65.6 Å². The molecule has 37 heavy (non-hydrogen) atoms. The summed E-state index contributed by atoms with van der Waals surface area (Å²) in [6, 6.07) is 3.41. The molecule has 0 radical (unpaired) electrons. The van der Waals surface area contributed by atoms with Crippen molar-refractivity contribution in [3.8, 4) is 16.9 Å². The number of ether oxygens (including phenoxy) is 3. The number of fused-ring (bicyclic) bond motifs is 2. The lowest BCUT2D eigenvalue weighted by atomic mass is 9.86. The number of hydrogen-bond acceptors (Lipinski definition) is 6. The van der Waals surface area contributed by atoms with Crippen molar-refractivity contribution in [1.82, 2.24) is 9.97 Å². The Bertz CT molecular complexity index is 1350. The van der Waals surface area contributed by atoms with E-state index in [1.807, 2.05) is 52.8 Å². The summed E-state index contributed by atoms with van der Waals surface area (Å²) in [6.45, 7) is 9.90. The number of nitrogens with one attached hydrogen (secondary N) is 1. The van der Waals surface area contributed by atoms with E-state index in [-0.39, 0.29) is 6.61 Å². The molecule has 0 saturated heterocycles. The topological polar surface area (TPSA) is 93.7 Å². The van der Waals surface area contributed by atoms with Crippen molar-refractivity contribution in [2.75, 3.05) is 20.3 Å². The highest BCUT2D eigenvalue weighted by molar-refractivity contribution is 6.00. The van der Waals surface area contributed by atoms with Gasteiger partial charge in [-0.2, -0.15) is 0 Å². The molecule has 2 aromatic heterocycles. The molecular weight excluding hydrogens is 475 g/mol. The first kappa shape index (κ1) is 26.8. The van der Waals surface area contributed by atoms with Crippen LogP contribution in [0.15, 0.2) is 18.2 Å². The number of pyridine rings is 1. The fourth-order valence-electron chi connectivity index (χ4n) is 4.89. The quantitative estimate of drug-likeness (QED) is 0.394. The number of H-pyrrole nitrogens is 1. The average molecular weight is 511 g/mol. The van der Waals surface area contributed by atoms with E-state index in [4.69, 9.17) is 24.3 Å². The molecule has 0 unspecified atom stereocenters. The first-order valence-electron chi connectivity index (χ1n) is 12.6. The number of hydrogen-bond donors (Lipinski definition) is 2. The van der Waals surface area contributed by atoms with Crippen LogP contribution in [0.3, 0.4) is 0 Å². The number of aliphatic hydroxyl groups excluding tert-OH is 1. The summed E-state index contributed by atoms with van der Waals surface area (Å²) in [6.07, 6.45) is 4.67. The SMILES string of the molecule is COC(=O)[C@@H](OC(C)(C)C)c1c(C)nc2[nH]c(/C=C/CCO)cc2c1-c1cc(F)c2c(c1C)CCCO2. The summed E-state index contributed by atoms with van der Waals surface area (Å²) in [4.78, 5) is 21.2. The monoisotopic (exact) mass is 510 g/mol. The Morgan fingerprint density at radius 3 is 2.76 bits per heavy atom. The molecule has 2 N–H and O–H groups in total. The average Bonchev–Trinajstić information content (AvgIpc) is 3.25. The number of rotatable bonds is 7. The minimum atomic E-state index is -1.07. The summed E-state index contributed by atoms with van der Waals surface area (Å²) in [5, 5.41) is 9.89. The van der Waals surface area contributed by atoms with Crippen molar-refractivity contribution in [1.29, 1.82) is 0 Å².